The number of fused-ring (bicyclic) bond motifs is 1. The van der Waals surface area contributed by atoms with Gasteiger partial charge in [-0.1, -0.05) is 24.3 Å². The first-order valence-electron chi connectivity index (χ1n) is 6.69. The van der Waals surface area contributed by atoms with Gasteiger partial charge in [-0.3, -0.25) is 0 Å². The molecule has 0 fully saturated rings. The number of hydrogen-bond acceptors (Lipinski definition) is 3. The summed E-state index contributed by atoms with van der Waals surface area (Å²) in [5, 5.41) is 3.19. The monoisotopic (exact) mass is 272 g/mol. The number of aryl methyl sites for hydroxylation is 1. The minimum atomic E-state index is -0.274. The lowest BCUT2D eigenvalue weighted by Crippen LogP contribution is -2.37. The van der Waals surface area contributed by atoms with E-state index in [0.29, 0.717) is 24.5 Å². The predicted molar refractivity (Wildman–Crippen MR) is 78.5 cm³/mol. The van der Waals surface area contributed by atoms with E-state index >= 15 is 0 Å². The van der Waals surface area contributed by atoms with E-state index in [1.54, 1.807) is 0 Å². The molecule has 3 nitrogen and oxygen atoms in total. The molecular formula is C16H17FN2O. The Hall–Kier alpha value is -2.07. The van der Waals surface area contributed by atoms with Crippen molar-refractivity contribution in [2.24, 2.45) is 5.73 Å². The van der Waals surface area contributed by atoms with Gasteiger partial charge in [0.1, 0.15) is 11.9 Å². The quantitative estimate of drug-likeness (QED) is 0.883. The summed E-state index contributed by atoms with van der Waals surface area (Å²) in [6, 6.07) is 10.9. The second kappa shape index (κ2) is 5.13. The lowest BCUT2D eigenvalue weighted by molar-refractivity contribution is 0.215. The predicted octanol–water partition coefficient (Wildman–Crippen LogP) is 2.93. The minimum absolute atomic E-state index is 0.0873. The van der Waals surface area contributed by atoms with Crippen LogP contribution in [0.4, 0.5) is 10.1 Å². The number of ether oxygens (including phenoxy) is 1. The summed E-state index contributed by atoms with van der Waals surface area (Å²) in [6.45, 7) is 3.03. The van der Waals surface area contributed by atoms with E-state index < -0.39 is 0 Å². The Bertz CT molecular complexity index is 642. The largest absolute Gasteiger partial charge is 0.484 e. The van der Waals surface area contributed by atoms with Crippen molar-refractivity contribution < 1.29 is 9.13 Å². The SMILES string of the molecule is Cc1ccccc1-c1cc(F)cc2c1OC(CN)CN2. The second-order valence-corrected chi connectivity index (χ2v) is 5.00. The third-order valence-corrected chi connectivity index (χ3v) is 3.56. The average Bonchev–Trinajstić information content (AvgIpc) is 2.46. The van der Waals surface area contributed by atoms with Crippen LogP contribution < -0.4 is 15.8 Å². The number of nitrogens with two attached hydrogens (primary N) is 1. The van der Waals surface area contributed by atoms with E-state index in [2.05, 4.69) is 5.32 Å². The zero-order chi connectivity index (χ0) is 14.1. The van der Waals surface area contributed by atoms with Crippen molar-refractivity contribution in [2.45, 2.75) is 13.0 Å². The smallest absolute Gasteiger partial charge is 0.151 e. The molecule has 3 N–H and O–H groups in total. The van der Waals surface area contributed by atoms with Crippen LogP contribution in [0.1, 0.15) is 5.56 Å². The fourth-order valence-electron chi connectivity index (χ4n) is 2.49. The van der Waals surface area contributed by atoms with Gasteiger partial charge in [-0.2, -0.15) is 0 Å². The highest BCUT2D eigenvalue weighted by atomic mass is 19.1. The van der Waals surface area contributed by atoms with Crippen molar-refractivity contribution >= 4 is 5.69 Å². The number of rotatable bonds is 2. The Morgan fingerprint density at radius 1 is 1.30 bits per heavy atom. The number of hydrogen-bond donors (Lipinski definition) is 2. The Kier molecular flexibility index (Phi) is 3.32. The van der Waals surface area contributed by atoms with Crippen molar-refractivity contribution in [3.05, 3.63) is 47.8 Å². The molecule has 0 spiro atoms. The maximum atomic E-state index is 13.8. The summed E-state index contributed by atoms with van der Waals surface area (Å²) in [5.41, 5.74) is 9.18. The van der Waals surface area contributed by atoms with Gasteiger partial charge in [-0.05, 0) is 24.1 Å². The Labute approximate surface area is 117 Å². The molecule has 0 radical (unpaired) electrons. The third kappa shape index (κ3) is 2.23. The van der Waals surface area contributed by atoms with Gasteiger partial charge in [-0.15, -0.1) is 0 Å². The third-order valence-electron chi connectivity index (χ3n) is 3.56. The molecule has 4 heteroatoms. The van der Waals surface area contributed by atoms with Crippen molar-refractivity contribution in [1.82, 2.24) is 0 Å². The van der Waals surface area contributed by atoms with E-state index in [1.807, 2.05) is 31.2 Å². The van der Waals surface area contributed by atoms with Crippen LogP contribution in [0.25, 0.3) is 11.1 Å². The molecular weight excluding hydrogens is 255 g/mol. The molecule has 20 heavy (non-hydrogen) atoms. The molecule has 104 valence electrons. The zero-order valence-corrected chi connectivity index (χ0v) is 11.3. The van der Waals surface area contributed by atoms with Crippen molar-refractivity contribution in [3.8, 4) is 16.9 Å². The minimum Gasteiger partial charge on any atom is -0.484 e. The molecule has 0 bridgehead atoms. The van der Waals surface area contributed by atoms with Crippen LogP contribution in [0.5, 0.6) is 5.75 Å². The zero-order valence-electron chi connectivity index (χ0n) is 11.3. The van der Waals surface area contributed by atoms with Gasteiger partial charge in [0.2, 0.25) is 0 Å². The molecule has 1 heterocycles. The van der Waals surface area contributed by atoms with Crippen molar-refractivity contribution in [3.63, 3.8) is 0 Å². The van der Waals surface area contributed by atoms with Crippen LogP contribution >= 0.6 is 0 Å². The van der Waals surface area contributed by atoms with Crippen LogP contribution in [0.15, 0.2) is 36.4 Å². The van der Waals surface area contributed by atoms with Crippen LogP contribution in [0.3, 0.4) is 0 Å². The van der Waals surface area contributed by atoms with Crippen LogP contribution in [-0.4, -0.2) is 19.2 Å². The van der Waals surface area contributed by atoms with E-state index in [1.165, 1.54) is 12.1 Å². The van der Waals surface area contributed by atoms with Gasteiger partial charge in [-0.25, -0.2) is 4.39 Å². The Morgan fingerprint density at radius 3 is 2.85 bits per heavy atom. The summed E-state index contributed by atoms with van der Waals surface area (Å²) >= 11 is 0. The lowest BCUT2D eigenvalue weighted by Gasteiger charge is -2.28. The fraction of sp³-hybridized carbons (Fsp3) is 0.250. The van der Waals surface area contributed by atoms with Gasteiger partial charge in [0.15, 0.2) is 5.75 Å². The van der Waals surface area contributed by atoms with Gasteiger partial charge < -0.3 is 15.8 Å². The van der Waals surface area contributed by atoms with E-state index in [9.17, 15) is 4.39 Å². The second-order valence-electron chi connectivity index (χ2n) is 5.00. The molecule has 0 saturated carbocycles. The van der Waals surface area contributed by atoms with Crippen molar-refractivity contribution in [1.29, 1.82) is 0 Å². The standard InChI is InChI=1S/C16H17FN2O/c1-10-4-2-3-5-13(10)14-6-11(17)7-15-16(14)20-12(8-18)9-19-15/h2-7,12,19H,8-9,18H2,1H3. The fourth-order valence-corrected chi connectivity index (χ4v) is 2.49. The molecule has 2 aromatic rings. The molecule has 0 aliphatic carbocycles. The molecule has 0 saturated heterocycles. The molecule has 1 unspecified atom stereocenters. The number of benzene rings is 2. The van der Waals surface area contributed by atoms with Gasteiger partial charge >= 0.3 is 0 Å². The van der Waals surface area contributed by atoms with Gasteiger partial charge in [0, 0.05) is 18.2 Å². The van der Waals surface area contributed by atoms with E-state index in [0.717, 1.165) is 16.7 Å². The first kappa shape index (κ1) is 12.9. The highest BCUT2D eigenvalue weighted by molar-refractivity contribution is 5.80. The van der Waals surface area contributed by atoms with Gasteiger partial charge in [0.05, 0.1) is 12.2 Å². The molecule has 1 atom stereocenters. The highest BCUT2D eigenvalue weighted by Crippen LogP contribution is 2.41. The maximum Gasteiger partial charge on any atom is 0.151 e. The Balaban J connectivity index is 2.16. The highest BCUT2D eigenvalue weighted by Gasteiger charge is 2.23. The lowest BCUT2D eigenvalue weighted by atomic mass is 9.98. The normalized spacial score (nSPS) is 17.1. The molecule has 1 aliphatic rings. The first-order valence-corrected chi connectivity index (χ1v) is 6.69. The van der Waals surface area contributed by atoms with Crippen LogP contribution in [0.2, 0.25) is 0 Å². The molecule has 2 aromatic carbocycles. The van der Waals surface area contributed by atoms with E-state index in [4.69, 9.17) is 10.5 Å². The Morgan fingerprint density at radius 2 is 2.10 bits per heavy atom. The summed E-state index contributed by atoms with van der Waals surface area (Å²) in [6.07, 6.45) is -0.0873. The molecule has 1 aliphatic heterocycles. The molecule has 3 rings (SSSR count). The average molecular weight is 272 g/mol. The number of halogens is 1. The summed E-state index contributed by atoms with van der Waals surface area (Å²) in [4.78, 5) is 0. The van der Waals surface area contributed by atoms with Gasteiger partial charge in [0.25, 0.3) is 0 Å². The topological polar surface area (TPSA) is 47.3 Å². The van der Waals surface area contributed by atoms with E-state index in [-0.39, 0.29) is 11.9 Å². The first-order chi connectivity index (χ1) is 9.69. The van der Waals surface area contributed by atoms with Crippen LogP contribution in [0, 0.1) is 12.7 Å². The summed E-state index contributed by atoms with van der Waals surface area (Å²) in [7, 11) is 0. The number of nitrogens with one attached hydrogen (secondary N) is 1. The molecule has 0 amide bonds. The molecule has 0 aromatic heterocycles. The maximum absolute atomic E-state index is 13.8. The number of anilines is 1. The van der Waals surface area contributed by atoms with Crippen molar-refractivity contribution in [2.75, 3.05) is 18.4 Å². The summed E-state index contributed by atoms with van der Waals surface area (Å²) < 4.78 is 19.8. The summed E-state index contributed by atoms with van der Waals surface area (Å²) in [5.74, 6) is 0.409. The van der Waals surface area contributed by atoms with Crippen LogP contribution in [-0.2, 0) is 0 Å².